The van der Waals surface area contributed by atoms with Crippen LogP contribution in [-0.4, -0.2) is 50.8 Å². The van der Waals surface area contributed by atoms with Crippen LogP contribution < -0.4 is 0 Å². The molecule has 0 N–H and O–H groups in total. The van der Waals surface area contributed by atoms with Gasteiger partial charge in [-0.05, 0) is 50.6 Å². The molecule has 0 spiro atoms. The van der Waals surface area contributed by atoms with E-state index in [1.54, 1.807) is 11.3 Å². The zero-order valence-corrected chi connectivity index (χ0v) is 19.9. The van der Waals surface area contributed by atoms with E-state index in [2.05, 4.69) is 14.8 Å². The molecule has 164 valence electrons. The third kappa shape index (κ3) is 4.01. The highest BCUT2D eigenvalue weighted by Gasteiger charge is 2.33. The fraction of sp³-hybridized carbons (Fsp3) is 0.476. The van der Waals surface area contributed by atoms with Crippen molar-refractivity contribution in [1.82, 2.24) is 19.3 Å². The van der Waals surface area contributed by atoms with Crippen molar-refractivity contribution >= 4 is 38.7 Å². The van der Waals surface area contributed by atoms with Gasteiger partial charge in [0.25, 0.3) is 0 Å². The number of aryl methyl sites for hydroxylation is 1. The van der Waals surface area contributed by atoms with Crippen molar-refractivity contribution in [3.8, 4) is 10.7 Å². The van der Waals surface area contributed by atoms with Gasteiger partial charge < -0.3 is 4.57 Å². The smallest absolute Gasteiger partial charge is 0.192 e. The molecule has 0 amide bonds. The van der Waals surface area contributed by atoms with Crippen LogP contribution in [0.3, 0.4) is 0 Å². The Morgan fingerprint density at radius 2 is 2.00 bits per heavy atom. The topological polar surface area (TPSA) is 86.8 Å². The third-order valence-electron chi connectivity index (χ3n) is 6.01. The Bertz CT molecular complexity index is 1240. The molecule has 1 atom stereocenters. The van der Waals surface area contributed by atoms with Crippen LogP contribution in [0.15, 0.2) is 28.7 Å². The van der Waals surface area contributed by atoms with Crippen LogP contribution in [0.5, 0.6) is 0 Å². The van der Waals surface area contributed by atoms with Gasteiger partial charge in [-0.15, -0.1) is 21.5 Å². The van der Waals surface area contributed by atoms with E-state index < -0.39 is 9.84 Å². The molecule has 1 saturated carbocycles. The van der Waals surface area contributed by atoms with E-state index in [1.165, 1.54) is 11.8 Å². The second kappa shape index (κ2) is 7.90. The van der Waals surface area contributed by atoms with Crippen molar-refractivity contribution in [3.63, 3.8) is 0 Å². The van der Waals surface area contributed by atoms with E-state index >= 15 is 0 Å². The molecular formula is C21H24N4O3S3. The normalized spacial score (nSPS) is 20.4. The number of hydrogen-bond acceptors (Lipinski definition) is 7. The predicted molar refractivity (Wildman–Crippen MR) is 123 cm³/mol. The number of rotatable bonds is 7. The standard InChI is InChI=1S/C21H24N4O3S3/c1-13-10-17(14(2)24(13)16-7-9-31(27,28)12-16)18(26)11-30-21-23-22-20(19-4-3-8-29-19)25(21)15-5-6-15/h3-4,8,10,15-16H,5-7,9,11-12H2,1-2H3. The summed E-state index contributed by atoms with van der Waals surface area (Å²) >= 11 is 3.07. The van der Waals surface area contributed by atoms with Crippen LogP contribution in [0, 0.1) is 13.8 Å². The summed E-state index contributed by atoms with van der Waals surface area (Å²) in [5.41, 5.74) is 2.47. The highest BCUT2D eigenvalue weighted by atomic mass is 32.2. The molecule has 4 heterocycles. The molecule has 0 aromatic carbocycles. The Morgan fingerprint density at radius 1 is 1.19 bits per heavy atom. The minimum atomic E-state index is -2.98. The summed E-state index contributed by atoms with van der Waals surface area (Å²) in [5.74, 6) is 1.57. The fourth-order valence-electron chi connectivity index (χ4n) is 4.42. The van der Waals surface area contributed by atoms with E-state index in [0.29, 0.717) is 18.0 Å². The quantitative estimate of drug-likeness (QED) is 0.377. The van der Waals surface area contributed by atoms with Gasteiger partial charge in [0.2, 0.25) is 0 Å². The van der Waals surface area contributed by atoms with Gasteiger partial charge in [0.15, 0.2) is 26.6 Å². The molecule has 10 heteroatoms. The van der Waals surface area contributed by atoms with Crippen molar-refractivity contribution in [1.29, 1.82) is 0 Å². The first-order chi connectivity index (χ1) is 14.8. The minimum absolute atomic E-state index is 0.0354. The van der Waals surface area contributed by atoms with Crippen LogP contribution in [0.2, 0.25) is 0 Å². The van der Waals surface area contributed by atoms with Gasteiger partial charge in [-0.1, -0.05) is 17.8 Å². The lowest BCUT2D eigenvalue weighted by Crippen LogP contribution is -2.14. The number of carbonyl (C=O) groups is 1. The van der Waals surface area contributed by atoms with E-state index in [0.717, 1.165) is 40.1 Å². The predicted octanol–water partition coefficient (Wildman–Crippen LogP) is 4.09. The molecule has 2 aliphatic rings. The number of aromatic nitrogens is 4. The molecule has 1 aliphatic carbocycles. The zero-order valence-electron chi connectivity index (χ0n) is 17.4. The molecule has 0 bridgehead atoms. The SMILES string of the molecule is Cc1cc(C(=O)CSc2nnc(-c3cccs3)n2C2CC2)c(C)n1C1CCS(=O)(=O)C1. The van der Waals surface area contributed by atoms with Gasteiger partial charge in [-0.2, -0.15) is 0 Å². The lowest BCUT2D eigenvalue weighted by Gasteiger charge is -2.16. The van der Waals surface area contributed by atoms with Crippen molar-refractivity contribution in [2.45, 2.75) is 50.4 Å². The summed E-state index contributed by atoms with van der Waals surface area (Å²) in [6.45, 7) is 3.86. The number of Topliss-reactive ketones (excluding diaryl/α,β-unsaturated/α-hetero) is 1. The van der Waals surface area contributed by atoms with E-state index in [4.69, 9.17) is 0 Å². The maximum Gasteiger partial charge on any atom is 0.192 e. The number of thiophene rings is 1. The van der Waals surface area contributed by atoms with Gasteiger partial charge in [-0.25, -0.2) is 8.42 Å². The van der Waals surface area contributed by atoms with E-state index in [1.807, 2.05) is 42.0 Å². The molecule has 3 aromatic heterocycles. The Morgan fingerprint density at radius 3 is 2.65 bits per heavy atom. The molecule has 1 aliphatic heterocycles. The van der Waals surface area contributed by atoms with E-state index in [-0.39, 0.29) is 29.1 Å². The van der Waals surface area contributed by atoms with Gasteiger partial charge in [0, 0.05) is 29.0 Å². The van der Waals surface area contributed by atoms with Gasteiger partial charge in [-0.3, -0.25) is 9.36 Å². The van der Waals surface area contributed by atoms with Crippen molar-refractivity contribution in [3.05, 3.63) is 40.5 Å². The first-order valence-electron chi connectivity index (χ1n) is 10.4. The molecule has 7 nitrogen and oxygen atoms in total. The lowest BCUT2D eigenvalue weighted by atomic mass is 10.2. The number of carbonyl (C=O) groups excluding carboxylic acids is 1. The van der Waals surface area contributed by atoms with E-state index in [9.17, 15) is 13.2 Å². The average molecular weight is 477 g/mol. The monoisotopic (exact) mass is 476 g/mol. The molecule has 1 saturated heterocycles. The Kier molecular flexibility index (Phi) is 5.34. The summed E-state index contributed by atoms with van der Waals surface area (Å²) in [4.78, 5) is 14.2. The number of sulfone groups is 1. The third-order valence-corrected chi connectivity index (χ3v) is 9.57. The van der Waals surface area contributed by atoms with Gasteiger partial charge in [0.05, 0.1) is 22.1 Å². The number of hydrogen-bond donors (Lipinski definition) is 0. The molecular weight excluding hydrogens is 452 g/mol. The van der Waals surface area contributed by atoms with Crippen LogP contribution >= 0.6 is 23.1 Å². The summed E-state index contributed by atoms with van der Waals surface area (Å²) in [5, 5.41) is 11.6. The summed E-state index contributed by atoms with van der Waals surface area (Å²) < 4.78 is 28.0. The van der Waals surface area contributed by atoms with Gasteiger partial charge in [0.1, 0.15) is 0 Å². The highest BCUT2D eigenvalue weighted by molar-refractivity contribution is 7.99. The van der Waals surface area contributed by atoms with Crippen LogP contribution in [0.1, 0.15) is 53.1 Å². The van der Waals surface area contributed by atoms with Crippen LogP contribution in [0.25, 0.3) is 10.7 Å². The second-order valence-corrected chi connectivity index (χ2v) is 12.4. The molecule has 31 heavy (non-hydrogen) atoms. The lowest BCUT2D eigenvalue weighted by molar-refractivity contribution is 0.102. The first-order valence-corrected chi connectivity index (χ1v) is 14.1. The Hall–Kier alpha value is -1.91. The molecule has 2 fully saturated rings. The minimum Gasteiger partial charge on any atom is -0.344 e. The number of ketones is 1. The molecule has 5 rings (SSSR count). The average Bonchev–Trinajstić information content (AvgIpc) is 3.08. The number of thioether (sulfide) groups is 1. The maximum atomic E-state index is 13.1. The fourth-order valence-corrected chi connectivity index (χ4v) is 7.71. The summed E-state index contributed by atoms with van der Waals surface area (Å²) in [7, 11) is -2.98. The van der Waals surface area contributed by atoms with Crippen molar-refractivity contribution < 1.29 is 13.2 Å². The maximum absolute atomic E-state index is 13.1. The molecule has 1 unspecified atom stereocenters. The number of nitrogens with zero attached hydrogens (tertiary/aromatic N) is 4. The second-order valence-electron chi connectivity index (χ2n) is 8.31. The zero-order chi connectivity index (χ0) is 21.8. The Labute approximate surface area is 189 Å². The van der Waals surface area contributed by atoms with Crippen molar-refractivity contribution in [2.75, 3.05) is 17.3 Å². The van der Waals surface area contributed by atoms with Gasteiger partial charge >= 0.3 is 0 Å². The summed E-state index contributed by atoms with van der Waals surface area (Å²) in [6, 6.07) is 6.29. The Balaban J connectivity index is 1.35. The molecule has 0 radical (unpaired) electrons. The summed E-state index contributed by atoms with van der Waals surface area (Å²) in [6.07, 6.45) is 2.84. The van der Waals surface area contributed by atoms with Crippen LogP contribution in [0.4, 0.5) is 0 Å². The van der Waals surface area contributed by atoms with Crippen molar-refractivity contribution in [2.24, 2.45) is 0 Å². The first kappa shape index (κ1) is 21.0. The highest BCUT2D eigenvalue weighted by Crippen LogP contribution is 2.42. The largest absolute Gasteiger partial charge is 0.344 e. The van der Waals surface area contributed by atoms with Crippen LogP contribution in [-0.2, 0) is 9.84 Å². The molecule has 3 aromatic rings.